The van der Waals surface area contributed by atoms with E-state index < -0.39 is 5.91 Å². The molecule has 0 aliphatic heterocycles. The molecule has 0 saturated heterocycles. The van der Waals surface area contributed by atoms with E-state index in [1.807, 2.05) is 203 Å². The van der Waals surface area contributed by atoms with Crippen LogP contribution in [0.1, 0.15) is 137 Å². The van der Waals surface area contributed by atoms with Crippen LogP contribution in [0.5, 0.6) is 23.0 Å². The summed E-state index contributed by atoms with van der Waals surface area (Å²) in [5, 5.41) is 35.7. The second-order valence-corrected chi connectivity index (χ2v) is 34.9. The Morgan fingerprint density at radius 3 is 1.14 bits per heavy atom. The van der Waals surface area contributed by atoms with Crippen molar-refractivity contribution in [3.8, 4) is 68.5 Å². The number of ether oxygens (including phenoxy) is 4. The van der Waals surface area contributed by atoms with E-state index in [0.717, 1.165) is 70.3 Å². The Hall–Kier alpha value is -17.5. The molecule has 0 bridgehead atoms. The van der Waals surface area contributed by atoms with Crippen LogP contribution in [0, 0.1) is 26.7 Å². The summed E-state index contributed by atoms with van der Waals surface area (Å²) in [5.41, 5.74) is 9.80. The fourth-order valence-electron chi connectivity index (χ4n) is 15.9. The summed E-state index contributed by atoms with van der Waals surface area (Å²) in [7, 11) is 1.74. The van der Waals surface area contributed by atoms with E-state index in [2.05, 4.69) is 96.8 Å². The number of carbonyl (C=O) groups excluding carboxylic acids is 4. The number of hydrogen-bond donors (Lipinski definition) is 9. The maximum Gasteiger partial charge on any atom is 0.274 e. The molecule has 0 atom stereocenters. The second-order valence-electron chi connectivity index (χ2n) is 34.1. The molecule has 9 aromatic carbocycles. The van der Waals surface area contributed by atoms with E-state index in [-0.39, 0.29) is 111 Å². The van der Waals surface area contributed by atoms with E-state index >= 15 is 0 Å². The molecule has 3 aliphatic rings. The normalized spacial score (nSPS) is 12.8. The standard InChI is InChI=1S/C30H26ClN5O3.C25H20ClN7O3.C24H21N7O3.C24H23N5O3/c1-19-6-5-9-24(26(19)28(38)32-18-30(14-15-30)21-10-12-22(31)13-11-21)39-17-23-16-25(37)36-29(33-23)34-27(35-36)20-7-3-2-4-8-20;26-17-7-4-8-19(22(17)24(35)28-20-12-18(30-31-20)14-9-10-14)36-13-16-11-21(34)33-25(27-16)29-23(32-33)15-5-2-1-3-6-15;1-15-7-6-10-18(21(15)23(33)27-19-11-12-25-30(19)2)34-14-17-13-20(32)31-24(26-17)28-22(29-31)16-8-4-3-5-9-16;1-15-6-5-9-19(21(15)23(31)25-13-16-10-11-16)32-14-18-12-20(30)29-24(26-18)27-22(28-29)17-7-3-2-4-8-17/h2-13,16H,14-15,17-18H2,1H3,(H,32,38)(H,33,34,35);1-8,11-12,14H,9-10,13H2,(H,27,29,32)(H2,28,30,31,35);3-13H,14H2,1-2H3,(H,27,33)(H,26,28,29);2-9,12,16H,10-11,13-14H2,1H3,(H,25,31)(H,26,27,28). The number of rotatable bonds is 28. The molecule has 19 aromatic rings. The van der Waals surface area contributed by atoms with Gasteiger partial charge < -0.3 is 40.2 Å². The number of H-pyrrole nitrogens is 5. The van der Waals surface area contributed by atoms with Crippen molar-refractivity contribution in [1.82, 2.24) is 109 Å². The maximum atomic E-state index is 13.3. The summed E-state index contributed by atoms with van der Waals surface area (Å²) >= 11 is 12.4. The number of nitrogens with one attached hydrogen (secondary N) is 9. The Labute approximate surface area is 811 Å². The van der Waals surface area contributed by atoms with Crippen molar-refractivity contribution in [2.45, 2.75) is 97.1 Å². The van der Waals surface area contributed by atoms with Gasteiger partial charge in [-0.15, -0.1) is 0 Å². The molecule has 36 nitrogen and oxygen atoms in total. The molecule has 0 spiro atoms. The first-order valence-corrected chi connectivity index (χ1v) is 46.0. The molecule has 3 saturated carbocycles. The number of halogens is 2. The van der Waals surface area contributed by atoms with Gasteiger partial charge in [-0.2, -0.15) is 48.2 Å². The first-order chi connectivity index (χ1) is 68.5. The molecule has 3 fully saturated rings. The van der Waals surface area contributed by atoms with Crippen LogP contribution in [0.4, 0.5) is 11.6 Å². The van der Waals surface area contributed by atoms with Crippen LogP contribution in [-0.4, -0.2) is 135 Å². The molecular weight excluding hydrogens is 1840 g/mol. The molecule has 10 heterocycles. The van der Waals surface area contributed by atoms with Crippen LogP contribution >= 0.6 is 23.2 Å². The summed E-state index contributed by atoms with van der Waals surface area (Å²) in [6.07, 6.45) is 8.19. The second kappa shape index (κ2) is 40.8. The van der Waals surface area contributed by atoms with Gasteiger partial charge in [-0.3, -0.25) is 68.5 Å². The number of hydrogen-bond acceptors (Lipinski definition) is 22. The Kier molecular flexibility index (Phi) is 26.8. The lowest BCUT2D eigenvalue weighted by Gasteiger charge is -2.18. The van der Waals surface area contributed by atoms with Gasteiger partial charge in [-0.25, -0.2) is 19.9 Å². The SMILES string of the molecule is Cc1cccc(OCc2cc(=O)n3[nH]c(-c4ccccc4)nc3n2)c1C(=O)NCC1(c2ccc(Cl)cc2)CC1.Cc1cccc(OCc2cc(=O)n3[nH]c(-c4ccccc4)nc3n2)c1C(=O)NCC1CC1.Cc1cccc(OCc2cc(=O)n3[nH]c(-c4ccccc4)nc3n2)c1C(=O)Nc1ccnn1C.O=C(Nc1cc(C2CC2)[nH]n1)c1c(Cl)cccc1OCc1cc(=O)n2[nH]c(-c3ccccc3)nc2n1. The number of amides is 4. The minimum absolute atomic E-state index is 0.00524. The van der Waals surface area contributed by atoms with Gasteiger partial charge in [0, 0.05) is 101 Å². The number of aromatic amines is 5. The van der Waals surface area contributed by atoms with Gasteiger partial charge in [0.1, 0.15) is 60.8 Å². The topological polar surface area (TPSA) is 452 Å². The highest BCUT2D eigenvalue weighted by atomic mass is 35.5. The highest BCUT2D eigenvalue weighted by Gasteiger charge is 2.45. The maximum absolute atomic E-state index is 13.3. The molecular formula is C103H90Cl2N24O12. The Morgan fingerprint density at radius 1 is 0.404 bits per heavy atom. The zero-order valence-corrected chi connectivity index (χ0v) is 77.8. The fraction of sp³-hybridized carbons (Fsp3) is 0.184. The third-order valence-corrected chi connectivity index (χ3v) is 24.4. The van der Waals surface area contributed by atoms with Gasteiger partial charge in [-0.05, 0) is 130 Å². The number of carbonyl (C=O) groups is 4. The van der Waals surface area contributed by atoms with Crippen molar-refractivity contribution in [3.05, 3.63) is 385 Å². The average Bonchev–Trinajstić information content (AvgIpc) is 1.62. The van der Waals surface area contributed by atoms with Crippen LogP contribution in [0.2, 0.25) is 10.0 Å². The summed E-state index contributed by atoms with van der Waals surface area (Å²) in [6, 6.07) is 76.0. The fourth-order valence-corrected chi connectivity index (χ4v) is 16.3. The lowest BCUT2D eigenvalue weighted by Crippen LogP contribution is -2.33. The van der Waals surface area contributed by atoms with Crippen molar-refractivity contribution in [2.75, 3.05) is 23.7 Å². The minimum Gasteiger partial charge on any atom is -0.486 e. The summed E-state index contributed by atoms with van der Waals surface area (Å²) in [5.74, 6) is 5.60. The van der Waals surface area contributed by atoms with Gasteiger partial charge >= 0.3 is 0 Å². The van der Waals surface area contributed by atoms with E-state index in [1.165, 1.54) is 60.7 Å². The number of nitrogens with zero attached hydrogens (tertiary/aromatic N) is 15. The van der Waals surface area contributed by atoms with E-state index in [1.54, 1.807) is 66.5 Å². The predicted molar refractivity (Wildman–Crippen MR) is 528 cm³/mol. The molecule has 708 valence electrons. The van der Waals surface area contributed by atoms with Crippen molar-refractivity contribution in [2.24, 2.45) is 13.0 Å². The summed E-state index contributed by atoms with van der Waals surface area (Å²) < 4.78 is 30.5. The van der Waals surface area contributed by atoms with Gasteiger partial charge in [0.2, 0.25) is 0 Å². The molecule has 10 aromatic heterocycles. The highest BCUT2D eigenvalue weighted by Crippen LogP contribution is 2.48. The van der Waals surface area contributed by atoms with Crippen LogP contribution in [0.25, 0.3) is 68.7 Å². The number of anilines is 2. The Bertz CT molecular complexity index is 8140. The number of benzene rings is 9. The third kappa shape index (κ3) is 21.5. The largest absolute Gasteiger partial charge is 0.486 e. The molecule has 3 aliphatic carbocycles. The zero-order valence-electron chi connectivity index (χ0n) is 76.3. The lowest BCUT2D eigenvalue weighted by molar-refractivity contribution is 0.0937. The zero-order chi connectivity index (χ0) is 97.4. The van der Waals surface area contributed by atoms with Crippen molar-refractivity contribution in [1.29, 1.82) is 0 Å². The average molecular weight is 1930 g/mol. The first-order valence-electron chi connectivity index (χ1n) is 45.3. The monoisotopic (exact) mass is 1920 g/mol. The molecule has 22 rings (SSSR count). The van der Waals surface area contributed by atoms with Crippen LogP contribution in [-0.2, 0) is 38.9 Å². The van der Waals surface area contributed by atoms with Crippen molar-refractivity contribution < 1.29 is 38.1 Å². The van der Waals surface area contributed by atoms with Gasteiger partial charge in [0.25, 0.3) is 69.0 Å². The smallest absolute Gasteiger partial charge is 0.274 e. The summed E-state index contributed by atoms with van der Waals surface area (Å²) in [4.78, 5) is 138. The van der Waals surface area contributed by atoms with Crippen LogP contribution in [0.3, 0.4) is 0 Å². The number of aryl methyl sites for hydroxylation is 4. The predicted octanol–water partition coefficient (Wildman–Crippen LogP) is 15.3. The molecule has 4 amide bonds. The molecule has 0 unspecified atom stereocenters. The highest BCUT2D eigenvalue weighted by molar-refractivity contribution is 6.35. The number of aromatic nitrogens is 20. The van der Waals surface area contributed by atoms with Crippen molar-refractivity contribution in [3.63, 3.8) is 0 Å². The van der Waals surface area contributed by atoms with Gasteiger partial charge in [0.15, 0.2) is 29.1 Å². The molecule has 9 N–H and O–H groups in total. The van der Waals surface area contributed by atoms with Crippen LogP contribution in [0.15, 0.2) is 280 Å². The van der Waals surface area contributed by atoms with Gasteiger partial charge in [-0.1, -0.05) is 199 Å². The Balaban J connectivity index is 0.000000120. The van der Waals surface area contributed by atoms with E-state index in [9.17, 15) is 38.4 Å². The minimum atomic E-state index is -0.451. The number of fused-ring (bicyclic) bond motifs is 4. The Morgan fingerprint density at radius 2 is 0.773 bits per heavy atom. The quantitative estimate of drug-likeness (QED) is 0.0220. The van der Waals surface area contributed by atoms with Crippen LogP contribution < -0.4 is 62.5 Å². The first kappa shape index (κ1) is 92.5. The third-order valence-electron chi connectivity index (χ3n) is 23.9. The van der Waals surface area contributed by atoms with Gasteiger partial charge in [0.05, 0.1) is 50.7 Å². The summed E-state index contributed by atoms with van der Waals surface area (Å²) in [6.45, 7) is 6.79. The molecule has 141 heavy (non-hydrogen) atoms. The molecule has 0 radical (unpaired) electrons. The lowest BCUT2D eigenvalue weighted by atomic mass is 9.95. The van der Waals surface area contributed by atoms with E-state index in [4.69, 9.17) is 42.1 Å². The van der Waals surface area contributed by atoms with E-state index in [0.29, 0.717) is 122 Å². The van der Waals surface area contributed by atoms with Crippen molar-refractivity contribution >= 4 is 81.6 Å². The molecule has 38 heteroatoms.